The Labute approximate surface area is 135 Å². The van der Waals surface area contributed by atoms with Crippen LogP contribution in [-0.2, 0) is 25.5 Å². The number of carbonyl (C=O) groups excluding carboxylic acids is 1. The molecule has 0 amide bonds. The summed E-state index contributed by atoms with van der Waals surface area (Å²) in [7, 11) is 1.56. The summed E-state index contributed by atoms with van der Waals surface area (Å²) in [6, 6.07) is 4.27. The molecule has 0 bridgehead atoms. The maximum atomic E-state index is 11.9. The number of cyclic esters (lactones) is 1. The lowest BCUT2D eigenvalue weighted by molar-refractivity contribution is -0.133. The first-order valence-corrected chi connectivity index (χ1v) is 8.15. The third-order valence-electron chi connectivity index (χ3n) is 5.20. The molecular weight excluding hydrogens is 294 g/mol. The van der Waals surface area contributed by atoms with Gasteiger partial charge >= 0.3 is 5.97 Å². The van der Waals surface area contributed by atoms with Crippen LogP contribution in [0.15, 0.2) is 41.2 Å². The van der Waals surface area contributed by atoms with E-state index in [-0.39, 0.29) is 23.9 Å². The molecule has 23 heavy (non-hydrogen) atoms. The van der Waals surface area contributed by atoms with E-state index < -0.39 is 0 Å². The van der Waals surface area contributed by atoms with Gasteiger partial charge in [-0.15, -0.1) is 0 Å². The van der Waals surface area contributed by atoms with E-state index in [1.165, 1.54) is 5.69 Å². The standard InChI is InChI=1S/C18H21NO4/c1-10-14-12-6-4-8-19(12)9-5-7-13(14)22-16(10)17-15(21-3)11(2)18(20)23-17/h4,6,8,10,13-14H,5,7,9H2,1-3H3. The van der Waals surface area contributed by atoms with E-state index in [1.807, 2.05) is 0 Å². The summed E-state index contributed by atoms with van der Waals surface area (Å²) in [5.41, 5.74) is 1.81. The van der Waals surface area contributed by atoms with Gasteiger partial charge in [0.2, 0.25) is 5.76 Å². The van der Waals surface area contributed by atoms with Crippen molar-refractivity contribution in [2.75, 3.05) is 7.11 Å². The number of hydrogen-bond donors (Lipinski definition) is 0. The lowest BCUT2D eigenvalue weighted by Gasteiger charge is -2.17. The molecule has 122 valence electrons. The molecule has 0 radical (unpaired) electrons. The summed E-state index contributed by atoms with van der Waals surface area (Å²) in [6.07, 6.45) is 4.35. The van der Waals surface area contributed by atoms with E-state index in [0.29, 0.717) is 17.1 Å². The molecule has 0 saturated carbocycles. The number of ether oxygens (including phenoxy) is 3. The third-order valence-corrected chi connectivity index (χ3v) is 5.20. The molecule has 0 aromatic carbocycles. The average molecular weight is 315 g/mol. The van der Waals surface area contributed by atoms with Crippen molar-refractivity contribution in [3.05, 3.63) is 46.9 Å². The second-order valence-electron chi connectivity index (χ2n) is 6.48. The normalized spacial score (nSPS) is 33.0. The van der Waals surface area contributed by atoms with Crippen LogP contribution in [0.1, 0.15) is 38.3 Å². The Balaban J connectivity index is 1.78. The Morgan fingerprint density at radius 3 is 3.00 bits per heavy atom. The molecule has 5 nitrogen and oxygen atoms in total. The second kappa shape index (κ2) is 5.18. The van der Waals surface area contributed by atoms with Crippen molar-refractivity contribution >= 4 is 5.97 Å². The zero-order valence-corrected chi connectivity index (χ0v) is 13.7. The minimum atomic E-state index is -0.351. The van der Waals surface area contributed by atoms with Gasteiger partial charge in [0.25, 0.3) is 0 Å². The van der Waals surface area contributed by atoms with Crippen LogP contribution in [0.2, 0.25) is 0 Å². The predicted molar refractivity (Wildman–Crippen MR) is 83.3 cm³/mol. The fourth-order valence-corrected chi connectivity index (χ4v) is 4.06. The second-order valence-corrected chi connectivity index (χ2v) is 6.48. The van der Waals surface area contributed by atoms with Crippen LogP contribution in [0, 0.1) is 5.92 Å². The third kappa shape index (κ3) is 2.02. The molecule has 3 unspecified atom stereocenters. The van der Waals surface area contributed by atoms with Crippen LogP contribution in [0.25, 0.3) is 0 Å². The molecule has 1 aromatic heterocycles. The van der Waals surface area contributed by atoms with E-state index in [4.69, 9.17) is 14.2 Å². The van der Waals surface area contributed by atoms with Crippen molar-refractivity contribution in [2.45, 2.75) is 45.3 Å². The fourth-order valence-electron chi connectivity index (χ4n) is 4.06. The number of aromatic nitrogens is 1. The largest absolute Gasteiger partial charge is 0.492 e. The molecule has 3 aliphatic heterocycles. The highest BCUT2D eigenvalue weighted by atomic mass is 16.6. The van der Waals surface area contributed by atoms with Gasteiger partial charge in [-0.25, -0.2) is 4.79 Å². The Morgan fingerprint density at radius 1 is 1.39 bits per heavy atom. The van der Waals surface area contributed by atoms with Crippen LogP contribution in [0.5, 0.6) is 0 Å². The van der Waals surface area contributed by atoms with Gasteiger partial charge in [-0.2, -0.15) is 0 Å². The van der Waals surface area contributed by atoms with Crippen molar-refractivity contribution in [2.24, 2.45) is 5.92 Å². The number of allylic oxidation sites excluding steroid dienone is 1. The number of methoxy groups -OCH3 is 1. The highest BCUT2D eigenvalue weighted by Gasteiger charge is 2.46. The van der Waals surface area contributed by atoms with Gasteiger partial charge in [0.1, 0.15) is 11.9 Å². The van der Waals surface area contributed by atoms with E-state index in [9.17, 15) is 4.79 Å². The van der Waals surface area contributed by atoms with Crippen molar-refractivity contribution in [3.63, 3.8) is 0 Å². The Hall–Kier alpha value is -2.17. The lowest BCUT2D eigenvalue weighted by atomic mass is 9.86. The first kappa shape index (κ1) is 14.4. The molecule has 0 spiro atoms. The summed E-state index contributed by atoms with van der Waals surface area (Å²) in [6.45, 7) is 4.90. The zero-order chi connectivity index (χ0) is 16.1. The van der Waals surface area contributed by atoms with E-state index >= 15 is 0 Å². The summed E-state index contributed by atoms with van der Waals surface area (Å²) in [4.78, 5) is 11.9. The van der Waals surface area contributed by atoms with Crippen molar-refractivity contribution in [1.29, 1.82) is 0 Å². The number of esters is 1. The van der Waals surface area contributed by atoms with Crippen LogP contribution in [0.3, 0.4) is 0 Å². The molecule has 4 rings (SSSR count). The van der Waals surface area contributed by atoms with Crippen molar-refractivity contribution in [1.82, 2.24) is 4.57 Å². The van der Waals surface area contributed by atoms with Crippen molar-refractivity contribution in [3.8, 4) is 0 Å². The van der Waals surface area contributed by atoms with Gasteiger partial charge in [0, 0.05) is 30.3 Å². The highest BCUT2D eigenvalue weighted by molar-refractivity contribution is 5.93. The molecule has 5 heteroatoms. The quantitative estimate of drug-likeness (QED) is 0.747. The first-order valence-electron chi connectivity index (χ1n) is 8.15. The first-order chi connectivity index (χ1) is 11.1. The van der Waals surface area contributed by atoms with Gasteiger partial charge in [-0.3, -0.25) is 0 Å². The van der Waals surface area contributed by atoms with Crippen LogP contribution < -0.4 is 0 Å². The SMILES string of the molecule is COC1=C(C)C(=O)OC1=C1OC2CCCn3cccc3C2C1C. The van der Waals surface area contributed by atoms with Gasteiger partial charge in [-0.1, -0.05) is 6.92 Å². The highest BCUT2D eigenvalue weighted by Crippen LogP contribution is 2.48. The van der Waals surface area contributed by atoms with Crippen molar-refractivity contribution < 1.29 is 19.0 Å². The van der Waals surface area contributed by atoms with E-state index in [1.54, 1.807) is 14.0 Å². The van der Waals surface area contributed by atoms with Gasteiger partial charge in [0.05, 0.1) is 12.7 Å². The summed E-state index contributed by atoms with van der Waals surface area (Å²) < 4.78 is 19.4. The molecule has 3 aliphatic rings. The number of fused-ring (bicyclic) bond motifs is 3. The molecule has 3 atom stereocenters. The lowest BCUT2D eigenvalue weighted by Crippen LogP contribution is -2.17. The summed E-state index contributed by atoms with van der Waals surface area (Å²) in [5.74, 6) is 1.79. The van der Waals surface area contributed by atoms with E-state index in [0.717, 1.165) is 25.1 Å². The Bertz CT molecular complexity index is 727. The molecular formula is C18H21NO4. The number of carbonyl (C=O) groups is 1. The molecule has 1 saturated heterocycles. The van der Waals surface area contributed by atoms with Crippen LogP contribution >= 0.6 is 0 Å². The summed E-state index contributed by atoms with van der Waals surface area (Å²) in [5, 5.41) is 0. The molecule has 0 N–H and O–H groups in total. The molecule has 0 aliphatic carbocycles. The predicted octanol–water partition coefficient (Wildman–Crippen LogP) is 3.09. The summed E-state index contributed by atoms with van der Waals surface area (Å²) >= 11 is 0. The Morgan fingerprint density at radius 2 is 2.22 bits per heavy atom. The maximum absolute atomic E-state index is 11.9. The maximum Gasteiger partial charge on any atom is 0.343 e. The number of hydrogen-bond acceptors (Lipinski definition) is 4. The smallest absolute Gasteiger partial charge is 0.343 e. The molecule has 4 heterocycles. The van der Waals surface area contributed by atoms with Gasteiger partial charge < -0.3 is 18.8 Å². The monoisotopic (exact) mass is 315 g/mol. The molecule has 1 aromatic rings. The average Bonchev–Trinajstić information content (AvgIpc) is 3.15. The minimum absolute atomic E-state index is 0.126. The zero-order valence-electron chi connectivity index (χ0n) is 13.7. The number of rotatable bonds is 1. The van der Waals surface area contributed by atoms with Crippen LogP contribution in [0.4, 0.5) is 0 Å². The van der Waals surface area contributed by atoms with Crippen LogP contribution in [-0.4, -0.2) is 23.8 Å². The topological polar surface area (TPSA) is 49.7 Å². The number of aryl methyl sites for hydroxylation is 1. The van der Waals surface area contributed by atoms with E-state index in [2.05, 4.69) is 29.8 Å². The molecule has 1 fully saturated rings. The van der Waals surface area contributed by atoms with Gasteiger partial charge in [0.15, 0.2) is 5.76 Å². The van der Waals surface area contributed by atoms with Gasteiger partial charge in [-0.05, 0) is 31.9 Å². The minimum Gasteiger partial charge on any atom is -0.492 e. The Kier molecular flexibility index (Phi) is 3.25. The number of nitrogens with zero attached hydrogens (tertiary/aromatic N) is 1. The fraction of sp³-hybridized carbons (Fsp3) is 0.500.